The number of piperidine rings is 1. The van der Waals surface area contributed by atoms with Gasteiger partial charge in [0.2, 0.25) is 0 Å². The quantitative estimate of drug-likeness (QED) is 0.725. The third kappa shape index (κ3) is 4.11. The molecule has 16 heavy (non-hydrogen) atoms. The lowest BCUT2D eigenvalue weighted by atomic mass is 9.90. The number of nitrogens with one attached hydrogen (secondary N) is 1. The summed E-state index contributed by atoms with van der Waals surface area (Å²) in [5.74, 6) is 0.733. The molecule has 3 nitrogen and oxygen atoms in total. The maximum absolute atomic E-state index is 8.44. The molecule has 0 aliphatic carbocycles. The number of hydrogen-bond donors (Lipinski definition) is 1. The van der Waals surface area contributed by atoms with E-state index >= 15 is 0 Å². The van der Waals surface area contributed by atoms with Crippen molar-refractivity contribution in [3.05, 3.63) is 0 Å². The number of likely N-dealkylation sites (tertiary alicyclic amines) is 1. The van der Waals surface area contributed by atoms with Crippen LogP contribution in [0.3, 0.4) is 0 Å². The van der Waals surface area contributed by atoms with Gasteiger partial charge >= 0.3 is 0 Å². The molecule has 0 aromatic heterocycles. The fourth-order valence-electron chi connectivity index (χ4n) is 2.44. The molecule has 1 rings (SSSR count). The van der Waals surface area contributed by atoms with Crippen LogP contribution in [-0.2, 0) is 0 Å². The average Bonchev–Trinajstić information content (AvgIpc) is 2.25. The van der Waals surface area contributed by atoms with Crippen molar-refractivity contribution in [3.8, 4) is 6.07 Å². The molecule has 3 atom stereocenters. The summed E-state index contributed by atoms with van der Waals surface area (Å²) < 4.78 is 0. The van der Waals surface area contributed by atoms with Crippen molar-refractivity contribution >= 4 is 0 Å². The van der Waals surface area contributed by atoms with Gasteiger partial charge in [-0.15, -0.1) is 0 Å². The Bertz CT molecular complexity index is 234. The number of nitriles is 1. The van der Waals surface area contributed by atoms with Gasteiger partial charge < -0.3 is 10.2 Å². The van der Waals surface area contributed by atoms with Crippen LogP contribution in [0.25, 0.3) is 0 Å². The second-order valence-corrected chi connectivity index (χ2v) is 5.18. The lowest BCUT2D eigenvalue weighted by molar-refractivity contribution is 0.122. The molecule has 0 spiro atoms. The van der Waals surface area contributed by atoms with Crippen LogP contribution in [0, 0.1) is 17.2 Å². The first kappa shape index (κ1) is 13.5. The summed E-state index contributed by atoms with van der Waals surface area (Å²) >= 11 is 0. The fourth-order valence-corrected chi connectivity index (χ4v) is 2.44. The molecular weight excluding hydrogens is 198 g/mol. The molecular formula is C13H25N3. The Kier molecular flexibility index (Phi) is 5.79. The molecule has 1 N–H and O–H groups in total. The van der Waals surface area contributed by atoms with Gasteiger partial charge in [0.15, 0.2) is 0 Å². The Balaban J connectivity index is 2.18. The Morgan fingerprint density at radius 2 is 2.12 bits per heavy atom. The predicted molar refractivity (Wildman–Crippen MR) is 67.1 cm³/mol. The van der Waals surface area contributed by atoms with Crippen LogP contribution in [0.1, 0.15) is 39.5 Å². The van der Waals surface area contributed by atoms with E-state index in [1.165, 1.54) is 13.0 Å². The standard InChI is InChI=1S/C13H25N3/c1-11-10-16(3)12(2)9-13(11)15-8-6-4-5-7-14/h11-13,15H,4-6,8-10H2,1-3H3. The molecule has 1 heterocycles. The zero-order valence-electron chi connectivity index (χ0n) is 10.9. The maximum Gasteiger partial charge on any atom is 0.0621 e. The van der Waals surface area contributed by atoms with Crippen LogP contribution in [0.5, 0.6) is 0 Å². The number of unbranched alkanes of at least 4 members (excludes halogenated alkanes) is 2. The highest BCUT2D eigenvalue weighted by Crippen LogP contribution is 2.20. The van der Waals surface area contributed by atoms with Gasteiger partial charge in [-0.25, -0.2) is 0 Å². The molecule has 0 aromatic carbocycles. The zero-order chi connectivity index (χ0) is 12.0. The van der Waals surface area contributed by atoms with Crippen LogP contribution >= 0.6 is 0 Å². The summed E-state index contributed by atoms with van der Waals surface area (Å²) in [5, 5.41) is 12.1. The van der Waals surface area contributed by atoms with Gasteiger partial charge in [-0.2, -0.15) is 5.26 Å². The minimum absolute atomic E-state index is 0.660. The summed E-state index contributed by atoms with van der Waals surface area (Å²) in [7, 11) is 2.21. The van der Waals surface area contributed by atoms with Gasteiger partial charge in [0.05, 0.1) is 6.07 Å². The Morgan fingerprint density at radius 3 is 2.81 bits per heavy atom. The molecule has 1 aliphatic heterocycles. The van der Waals surface area contributed by atoms with Gasteiger partial charge in [-0.1, -0.05) is 6.92 Å². The Labute approximate surface area is 99.8 Å². The molecule has 0 bridgehead atoms. The molecule has 0 radical (unpaired) electrons. The van der Waals surface area contributed by atoms with E-state index in [4.69, 9.17) is 5.26 Å². The van der Waals surface area contributed by atoms with Crippen molar-refractivity contribution in [1.82, 2.24) is 10.2 Å². The van der Waals surface area contributed by atoms with Crippen molar-refractivity contribution in [1.29, 1.82) is 5.26 Å². The molecule has 1 fully saturated rings. The molecule has 3 heteroatoms. The van der Waals surface area contributed by atoms with E-state index in [9.17, 15) is 0 Å². The number of hydrogen-bond acceptors (Lipinski definition) is 3. The highest BCUT2D eigenvalue weighted by atomic mass is 15.2. The third-order valence-electron chi connectivity index (χ3n) is 3.73. The van der Waals surface area contributed by atoms with Crippen molar-refractivity contribution < 1.29 is 0 Å². The lowest BCUT2D eigenvalue weighted by Gasteiger charge is -2.40. The van der Waals surface area contributed by atoms with Gasteiger partial charge in [-0.05, 0) is 45.7 Å². The first-order valence-electron chi connectivity index (χ1n) is 6.45. The van der Waals surface area contributed by atoms with Crippen LogP contribution < -0.4 is 5.32 Å². The minimum Gasteiger partial charge on any atom is -0.314 e. The molecule has 3 unspecified atom stereocenters. The summed E-state index contributed by atoms with van der Waals surface area (Å²) in [4.78, 5) is 2.44. The van der Waals surface area contributed by atoms with E-state index in [1.54, 1.807) is 0 Å². The van der Waals surface area contributed by atoms with Crippen LogP contribution in [0.15, 0.2) is 0 Å². The van der Waals surface area contributed by atoms with Gasteiger partial charge in [0.25, 0.3) is 0 Å². The molecule has 0 aromatic rings. The van der Waals surface area contributed by atoms with Crippen molar-refractivity contribution in [2.24, 2.45) is 5.92 Å². The van der Waals surface area contributed by atoms with Crippen LogP contribution in [-0.4, -0.2) is 37.1 Å². The topological polar surface area (TPSA) is 39.1 Å². The second kappa shape index (κ2) is 6.88. The first-order valence-corrected chi connectivity index (χ1v) is 6.45. The summed E-state index contributed by atoms with van der Waals surface area (Å²) in [5.41, 5.74) is 0. The van der Waals surface area contributed by atoms with Crippen molar-refractivity contribution in [2.45, 2.75) is 51.6 Å². The molecule has 92 valence electrons. The van der Waals surface area contributed by atoms with E-state index in [-0.39, 0.29) is 0 Å². The van der Waals surface area contributed by atoms with E-state index in [1.807, 2.05) is 0 Å². The van der Waals surface area contributed by atoms with Gasteiger partial charge in [0.1, 0.15) is 0 Å². The third-order valence-corrected chi connectivity index (χ3v) is 3.73. The molecule has 0 saturated carbocycles. The minimum atomic E-state index is 0.660. The Morgan fingerprint density at radius 1 is 1.38 bits per heavy atom. The average molecular weight is 223 g/mol. The smallest absolute Gasteiger partial charge is 0.0621 e. The summed E-state index contributed by atoms with van der Waals surface area (Å²) in [6.07, 6.45) is 4.10. The highest BCUT2D eigenvalue weighted by molar-refractivity contribution is 4.86. The molecule has 0 amide bonds. The molecule has 1 saturated heterocycles. The largest absolute Gasteiger partial charge is 0.314 e. The summed E-state index contributed by atoms with van der Waals surface area (Å²) in [6.45, 7) is 6.88. The van der Waals surface area contributed by atoms with Crippen LogP contribution in [0.4, 0.5) is 0 Å². The zero-order valence-corrected chi connectivity index (χ0v) is 10.9. The molecule has 1 aliphatic rings. The van der Waals surface area contributed by atoms with Gasteiger partial charge in [0, 0.05) is 25.0 Å². The summed E-state index contributed by atoms with van der Waals surface area (Å²) in [6, 6.07) is 3.54. The maximum atomic E-state index is 8.44. The van der Waals surface area contributed by atoms with Crippen molar-refractivity contribution in [2.75, 3.05) is 20.1 Å². The predicted octanol–water partition coefficient (Wildman–Crippen LogP) is 2.00. The van der Waals surface area contributed by atoms with E-state index < -0.39 is 0 Å². The first-order chi connectivity index (χ1) is 7.65. The van der Waals surface area contributed by atoms with Crippen molar-refractivity contribution in [3.63, 3.8) is 0 Å². The highest BCUT2D eigenvalue weighted by Gasteiger charge is 2.27. The van der Waals surface area contributed by atoms with E-state index in [0.717, 1.165) is 25.3 Å². The number of rotatable bonds is 5. The monoisotopic (exact) mass is 223 g/mol. The number of nitrogens with zero attached hydrogens (tertiary/aromatic N) is 2. The van der Waals surface area contributed by atoms with E-state index in [0.29, 0.717) is 18.5 Å². The van der Waals surface area contributed by atoms with E-state index in [2.05, 4.69) is 37.2 Å². The Hall–Kier alpha value is -0.590. The second-order valence-electron chi connectivity index (χ2n) is 5.18. The lowest BCUT2D eigenvalue weighted by Crippen LogP contribution is -2.51. The fraction of sp³-hybridized carbons (Fsp3) is 0.923. The van der Waals surface area contributed by atoms with Crippen LogP contribution in [0.2, 0.25) is 0 Å². The SMILES string of the molecule is CC1CN(C)C(C)CC1NCCCCC#N. The normalized spacial score (nSPS) is 31.2. The van der Waals surface area contributed by atoms with Gasteiger partial charge in [-0.3, -0.25) is 0 Å².